The van der Waals surface area contributed by atoms with E-state index in [0.29, 0.717) is 17.2 Å². The van der Waals surface area contributed by atoms with Crippen LogP contribution in [0.15, 0.2) is 59.3 Å². The van der Waals surface area contributed by atoms with Gasteiger partial charge in [-0.2, -0.15) is 0 Å². The maximum Gasteiger partial charge on any atom is 0.304 e. The van der Waals surface area contributed by atoms with E-state index < -0.39 is 11.9 Å². The highest BCUT2D eigenvalue weighted by atomic mass is 16.5. The number of nitrogens with one attached hydrogen (secondary N) is 1. The summed E-state index contributed by atoms with van der Waals surface area (Å²) >= 11 is 0. The van der Waals surface area contributed by atoms with Crippen molar-refractivity contribution in [3.05, 3.63) is 66.3 Å². The predicted octanol–water partition coefficient (Wildman–Crippen LogP) is 3.89. The fourth-order valence-corrected chi connectivity index (χ4v) is 4.49. The molecular weight excluding hydrogens is 446 g/mol. The zero-order valence-corrected chi connectivity index (χ0v) is 20.0. The van der Waals surface area contributed by atoms with Gasteiger partial charge in [0, 0.05) is 13.2 Å². The quantitative estimate of drug-likeness (QED) is 0.287. The lowest BCUT2D eigenvalue weighted by atomic mass is 9.83. The van der Waals surface area contributed by atoms with E-state index in [-0.39, 0.29) is 23.7 Å². The highest BCUT2D eigenvalue weighted by Gasteiger charge is 2.36. The molecular formula is C26H31N5O4. The van der Waals surface area contributed by atoms with Crippen molar-refractivity contribution in [3.63, 3.8) is 0 Å². The summed E-state index contributed by atoms with van der Waals surface area (Å²) in [5.74, 6) is 6.46. The molecule has 9 heteroatoms. The van der Waals surface area contributed by atoms with Gasteiger partial charge < -0.3 is 14.5 Å². The van der Waals surface area contributed by atoms with Crippen LogP contribution < -0.4 is 15.9 Å². The number of furan rings is 1. The Morgan fingerprint density at radius 2 is 1.91 bits per heavy atom. The van der Waals surface area contributed by atoms with Gasteiger partial charge >= 0.3 is 5.91 Å². The second kappa shape index (κ2) is 11.1. The van der Waals surface area contributed by atoms with Crippen LogP contribution in [0.1, 0.15) is 61.4 Å². The van der Waals surface area contributed by atoms with E-state index >= 15 is 0 Å². The number of hydrogen-bond donors (Lipinski definition) is 2. The molecule has 3 heterocycles. The van der Waals surface area contributed by atoms with Gasteiger partial charge in [0.15, 0.2) is 11.5 Å². The molecule has 1 saturated carbocycles. The number of nitrogens with zero attached hydrogens (tertiary/aromatic N) is 3. The number of carbonyl (C=O) groups excluding carboxylic acids is 2. The van der Waals surface area contributed by atoms with Crippen LogP contribution in [0.5, 0.6) is 5.75 Å². The average Bonchev–Trinajstić information content (AvgIpc) is 3.40. The minimum Gasteiger partial charge on any atom is -0.483 e. The van der Waals surface area contributed by atoms with Crippen molar-refractivity contribution in [1.82, 2.24) is 20.3 Å². The van der Waals surface area contributed by atoms with Crippen molar-refractivity contribution in [2.24, 2.45) is 11.8 Å². The Morgan fingerprint density at radius 3 is 2.57 bits per heavy atom. The molecule has 3 aromatic rings. The van der Waals surface area contributed by atoms with Crippen LogP contribution in [-0.4, -0.2) is 39.9 Å². The third kappa shape index (κ3) is 5.68. The van der Waals surface area contributed by atoms with Gasteiger partial charge in [0.2, 0.25) is 5.91 Å². The Morgan fingerprint density at radius 1 is 1.11 bits per heavy atom. The molecule has 0 bridgehead atoms. The molecule has 1 fully saturated rings. The van der Waals surface area contributed by atoms with Crippen molar-refractivity contribution in [1.29, 1.82) is 0 Å². The lowest BCUT2D eigenvalue weighted by Crippen LogP contribution is -2.56. The molecule has 0 unspecified atom stereocenters. The molecule has 9 nitrogen and oxygen atoms in total. The number of likely N-dealkylation sites (N-methyl/N-ethyl adjacent to an activating group) is 1. The van der Waals surface area contributed by atoms with Gasteiger partial charge in [-0.15, -0.1) is 0 Å². The largest absolute Gasteiger partial charge is 0.483 e. The SMILES string of the molecule is CNC(=O)[C@H](C1CCCCC1)N(N)C(=O)c1ccc(-c2ccc(O[C@H](C)c3ccccn3)cn2)o1. The number of pyridine rings is 2. The summed E-state index contributed by atoms with van der Waals surface area (Å²) in [5.41, 5.74) is 1.36. The van der Waals surface area contributed by atoms with E-state index in [1.54, 1.807) is 43.7 Å². The van der Waals surface area contributed by atoms with E-state index in [9.17, 15) is 9.59 Å². The standard InChI is InChI=1S/C26H31N5O4/c1-17(20-10-6-7-15-29-20)34-19-11-12-21(30-16-19)22-13-14-23(35-22)26(33)31(27)24(25(32)28-2)18-8-4-3-5-9-18/h6-7,10-18,24H,3-5,8-9,27H2,1-2H3,(H,28,32)/t17-,24+/m1/s1. The molecule has 2 atom stereocenters. The van der Waals surface area contributed by atoms with Gasteiger partial charge in [-0.05, 0) is 62.1 Å². The first-order valence-corrected chi connectivity index (χ1v) is 11.9. The Labute approximate surface area is 204 Å². The molecule has 0 aliphatic heterocycles. The van der Waals surface area contributed by atoms with Gasteiger partial charge in [0.05, 0.1) is 11.9 Å². The minimum absolute atomic E-state index is 0.0229. The summed E-state index contributed by atoms with van der Waals surface area (Å²) in [5, 5.41) is 3.66. The first-order chi connectivity index (χ1) is 17.0. The molecule has 0 saturated heterocycles. The summed E-state index contributed by atoms with van der Waals surface area (Å²) < 4.78 is 11.7. The van der Waals surface area contributed by atoms with Crippen LogP contribution in [0.25, 0.3) is 11.5 Å². The molecule has 0 aromatic carbocycles. The summed E-state index contributed by atoms with van der Waals surface area (Å²) in [4.78, 5) is 34.4. The molecule has 184 valence electrons. The third-order valence-corrected chi connectivity index (χ3v) is 6.37. The lowest BCUT2D eigenvalue weighted by molar-refractivity contribution is -0.127. The first-order valence-electron chi connectivity index (χ1n) is 11.9. The number of nitrogens with two attached hydrogens (primary N) is 1. The van der Waals surface area contributed by atoms with E-state index in [4.69, 9.17) is 15.0 Å². The van der Waals surface area contributed by atoms with E-state index in [2.05, 4.69) is 15.3 Å². The highest BCUT2D eigenvalue weighted by Crippen LogP contribution is 2.30. The van der Waals surface area contributed by atoms with Crippen molar-refractivity contribution in [2.75, 3.05) is 7.05 Å². The molecule has 1 aliphatic carbocycles. The zero-order chi connectivity index (χ0) is 24.8. The molecule has 35 heavy (non-hydrogen) atoms. The topological polar surface area (TPSA) is 124 Å². The van der Waals surface area contributed by atoms with Gasteiger partial charge in [0.1, 0.15) is 23.6 Å². The number of hydrazine groups is 1. The van der Waals surface area contributed by atoms with Crippen molar-refractivity contribution in [2.45, 2.75) is 51.2 Å². The fraction of sp³-hybridized carbons (Fsp3) is 0.385. The van der Waals surface area contributed by atoms with Crippen LogP contribution >= 0.6 is 0 Å². The second-order valence-corrected chi connectivity index (χ2v) is 8.73. The van der Waals surface area contributed by atoms with Crippen LogP contribution in [0, 0.1) is 5.92 Å². The van der Waals surface area contributed by atoms with Crippen molar-refractivity contribution < 1.29 is 18.7 Å². The van der Waals surface area contributed by atoms with Crippen molar-refractivity contribution >= 4 is 11.8 Å². The number of hydrogen-bond acceptors (Lipinski definition) is 7. The van der Waals surface area contributed by atoms with Crippen LogP contribution in [0.3, 0.4) is 0 Å². The monoisotopic (exact) mass is 477 g/mol. The van der Waals surface area contributed by atoms with Crippen molar-refractivity contribution in [3.8, 4) is 17.2 Å². The predicted molar refractivity (Wildman–Crippen MR) is 130 cm³/mol. The van der Waals surface area contributed by atoms with Gasteiger partial charge in [-0.3, -0.25) is 19.6 Å². The third-order valence-electron chi connectivity index (χ3n) is 6.37. The number of aromatic nitrogens is 2. The summed E-state index contributed by atoms with van der Waals surface area (Å²) in [6.45, 7) is 1.92. The maximum atomic E-state index is 13.1. The normalized spacial score (nSPS) is 15.7. The highest BCUT2D eigenvalue weighted by molar-refractivity contribution is 5.95. The Kier molecular flexibility index (Phi) is 7.77. The Hall–Kier alpha value is -3.72. The Balaban J connectivity index is 1.45. The average molecular weight is 478 g/mol. The summed E-state index contributed by atoms with van der Waals surface area (Å²) in [6, 6.07) is 11.7. The van der Waals surface area contributed by atoms with Crippen LogP contribution in [0.2, 0.25) is 0 Å². The minimum atomic E-state index is -0.739. The van der Waals surface area contributed by atoms with Crippen LogP contribution in [-0.2, 0) is 4.79 Å². The van der Waals surface area contributed by atoms with E-state index in [1.165, 1.54) is 0 Å². The number of rotatable bonds is 8. The molecule has 4 rings (SSSR count). The van der Waals surface area contributed by atoms with E-state index in [0.717, 1.165) is 42.8 Å². The molecule has 2 amide bonds. The van der Waals surface area contributed by atoms with Crippen LogP contribution in [0.4, 0.5) is 0 Å². The van der Waals surface area contributed by atoms with Gasteiger partial charge in [0.25, 0.3) is 0 Å². The maximum absolute atomic E-state index is 13.1. The molecule has 1 aliphatic rings. The van der Waals surface area contributed by atoms with Gasteiger partial charge in [-0.25, -0.2) is 10.8 Å². The molecule has 0 radical (unpaired) electrons. The number of ether oxygens (including phenoxy) is 1. The second-order valence-electron chi connectivity index (χ2n) is 8.73. The summed E-state index contributed by atoms with van der Waals surface area (Å²) in [7, 11) is 1.55. The molecule has 3 aromatic heterocycles. The summed E-state index contributed by atoms with van der Waals surface area (Å²) in [6.07, 6.45) is 7.99. The zero-order valence-electron chi connectivity index (χ0n) is 20.0. The Bertz CT molecular complexity index is 1130. The van der Waals surface area contributed by atoms with E-state index in [1.807, 2.05) is 25.1 Å². The lowest BCUT2D eigenvalue weighted by Gasteiger charge is -2.34. The molecule has 3 N–H and O–H groups in total. The number of carbonyl (C=O) groups is 2. The fourth-order valence-electron chi connectivity index (χ4n) is 4.49. The van der Waals surface area contributed by atoms with Gasteiger partial charge in [-0.1, -0.05) is 25.3 Å². The molecule has 0 spiro atoms. The smallest absolute Gasteiger partial charge is 0.304 e. The first kappa shape index (κ1) is 24.4. The number of amides is 2.